The molecule has 0 aliphatic heterocycles. The molecule has 3 rings (SSSR count). The average Bonchev–Trinajstić information content (AvgIpc) is 3.17. The summed E-state index contributed by atoms with van der Waals surface area (Å²) in [6.07, 6.45) is 3.63. The Balaban J connectivity index is 1.86. The normalized spacial score (nSPS) is 14.0. The SMILES string of the molecule is Cc1cnc(C(C)NC(c2ccccc2)c2ccco2)s1. The molecule has 2 unspecified atom stereocenters. The quantitative estimate of drug-likeness (QED) is 0.754. The van der Waals surface area contributed by atoms with Gasteiger partial charge in [-0.25, -0.2) is 4.98 Å². The fraction of sp³-hybridized carbons (Fsp3) is 0.235. The summed E-state index contributed by atoms with van der Waals surface area (Å²) in [7, 11) is 0. The number of hydrogen-bond donors (Lipinski definition) is 1. The van der Waals surface area contributed by atoms with Crippen LogP contribution in [0.15, 0.2) is 59.3 Å². The van der Waals surface area contributed by atoms with Gasteiger partial charge in [0, 0.05) is 11.1 Å². The van der Waals surface area contributed by atoms with E-state index >= 15 is 0 Å². The average molecular weight is 298 g/mol. The van der Waals surface area contributed by atoms with Gasteiger partial charge in [0.15, 0.2) is 0 Å². The third kappa shape index (κ3) is 3.23. The maximum atomic E-state index is 5.61. The minimum absolute atomic E-state index is 0.0282. The molecule has 1 aromatic carbocycles. The predicted molar refractivity (Wildman–Crippen MR) is 85.4 cm³/mol. The molecule has 2 heterocycles. The van der Waals surface area contributed by atoms with Crippen LogP contribution >= 0.6 is 11.3 Å². The molecule has 0 radical (unpaired) electrons. The molecular weight excluding hydrogens is 280 g/mol. The van der Waals surface area contributed by atoms with E-state index in [9.17, 15) is 0 Å². The lowest BCUT2D eigenvalue weighted by Gasteiger charge is -2.21. The van der Waals surface area contributed by atoms with Crippen LogP contribution in [-0.2, 0) is 0 Å². The highest BCUT2D eigenvalue weighted by Gasteiger charge is 2.20. The Bertz CT molecular complexity index is 676. The van der Waals surface area contributed by atoms with Crippen molar-refractivity contribution in [3.05, 3.63) is 76.1 Å². The van der Waals surface area contributed by atoms with E-state index in [1.54, 1.807) is 17.6 Å². The van der Waals surface area contributed by atoms with Gasteiger partial charge in [-0.3, -0.25) is 5.32 Å². The van der Waals surface area contributed by atoms with Crippen molar-refractivity contribution in [2.75, 3.05) is 0 Å². The van der Waals surface area contributed by atoms with E-state index < -0.39 is 0 Å². The largest absolute Gasteiger partial charge is 0.467 e. The van der Waals surface area contributed by atoms with Gasteiger partial charge in [-0.1, -0.05) is 30.3 Å². The minimum atomic E-state index is 0.0282. The predicted octanol–water partition coefficient (Wildman–Crippen LogP) is 4.48. The number of benzene rings is 1. The van der Waals surface area contributed by atoms with Crippen molar-refractivity contribution in [1.82, 2.24) is 10.3 Å². The highest BCUT2D eigenvalue weighted by atomic mass is 32.1. The van der Waals surface area contributed by atoms with Crippen LogP contribution in [0.3, 0.4) is 0 Å². The van der Waals surface area contributed by atoms with E-state index in [2.05, 4.69) is 36.3 Å². The van der Waals surface area contributed by atoms with Crippen molar-refractivity contribution in [2.45, 2.75) is 25.9 Å². The first-order valence-corrected chi connectivity index (χ1v) is 7.82. The van der Waals surface area contributed by atoms with Crippen LogP contribution in [0, 0.1) is 6.92 Å². The van der Waals surface area contributed by atoms with E-state index in [0.29, 0.717) is 0 Å². The second-order valence-corrected chi connectivity index (χ2v) is 6.32. The van der Waals surface area contributed by atoms with Gasteiger partial charge in [-0.2, -0.15) is 0 Å². The molecule has 3 aromatic rings. The molecule has 0 amide bonds. The molecule has 2 aromatic heterocycles. The van der Waals surface area contributed by atoms with Gasteiger partial charge in [-0.05, 0) is 31.5 Å². The Morgan fingerprint density at radius 2 is 1.95 bits per heavy atom. The molecule has 4 heteroatoms. The first kappa shape index (κ1) is 14.0. The smallest absolute Gasteiger partial charge is 0.125 e. The Labute approximate surface area is 128 Å². The molecule has 0 saturated carbocycles. The lowest BCUT2D eigenvalue weighted by atomic mass is 10.0. The van der Waals surface area contributed by atoms with Crippen molar-refractivity contribution in [3.63, 3.8) is 0 Å². The van der Waals surface area contributed by atoms with Crippen LogP contribution in [0.5, 0.6) is 0 Å². The second-order valence-electron chi connectivity index (χ2n) is 5.06. The van der Waals surface area contributed by atoms with Crippen molar-refractivity contribution < 1.29 is 4.42 Å². The zero-order valence-corrected chi connectivity index (χ0v) is 12.9. The summed E-state index contributed by atoms with van der Waals surface area (Å²) in [5, 5.41) is 4.72. The zero-order chi connectivity index (χ0) is 14.7. The van der Waals surface area contributed by atoms with E-state index in [1.807, 2.05) is 36.5 Å². The summed E-state index contributed by atoms with van der Waals surface area (Å²) in [5.41, 5.74) is 1.19. The molecule has 21 heavy (non-hydrogen) atoms. The summed E-state index contributed by atoms with van der Waals surface area (Å²) in [4.78, 5) is 5.70. The van der Waals surface area contributed by atoms with Crippen LogP contribution in [0.4, 0.5) is 0 Å². The summed E-state index contributed by atoms with van der Waals surface area (Å²) in [6.45, 7) is 4.21. The van der Waals surface area contributed by atoms with Gasteiger partial charge >= 0.3 is 0 Å². The second kappa shape index (κ2) is 6.24. The number of aryl methyl sites for hydroxylation is 1. The highest BCUT2D eigenvalue weighted by molar-refractivity contribution is 7.11. The van der Waals surface area contributed by atoms with Gasteiger partial charge in [0.25, 0.3) is 0 Å². The maximum Gasteiger partial charge on any atom is 0.125 e. The van der Waals surface area contributed by atoms with Gasteiger partial charge in [0.1, 0.15) is 10.8 Å². The minimum Gasteiger partial charge on any atom is -0.467 e. The molecule has 108 valence electrons. The maximum absolute atomic E-state index is 5.61. The van der Waals surface area contributed by atoms with Crippen LogP contribution in [-0.4, -0.2) is 4.98 Å². The fourth-order valence-electron chi connectivity index (χ4n) is 2.34. The van der Waals surface area contributed by atoms with E-state index in [1.165, 1.54) is 10.4 Å². The van der Waals surface area contributed by atoms with Gasteiger partial charge in [0.05, 0.1) is 18.3 Å². The molecule has 2 atom stereocenters. The van der Waals surface area contributed by atoms with Crippen molar-refractivity contribution in [3.8, 4) is 0 Å². The van der Waals surface area contributed by atoms with E-state index in [-0.39, 0.29) is 12.1 Å². The van der Waals surface area contributed by atoms with Crippen molar-refractivity contribution in [1.29, 1.82) is 0 Å². The molecule has 0 aliphatic rings. The molecule has 0 bridgehead atoms. The Morgan fingerprint density at radius 1 is 1.14 bits per heavy atom. The van der Waals surface area contributed by atoms with Gasteiger partial charge in [-0.15, -0.1) is 11.3 Å². The molecular formula is C17H18N2OS. The third-order valence-electron chi connectivity index (χ3n) is 3.39. The monoisotopic (exact) mass is 298 g/mol. The summed E-state index contributed by atoms with van der Waals surface area (Å²) >= 11 is 1.73. The van der Waals surface area contributed by atoms with Crippen LogP contribution in [0.1, 0.15) is 40.2 Å². The van der Waals surface area contributed by atoms with Crippen LogP contribution in [0.25, 0.3) is 0 Å². The molecule has 3 nitrogen and oxygen atoms in total. The Kier molecular flexibility index (Phi) is 4.18. The number of hydrogen-bond acceptors (Lipinski definition) is 4. The highest BCUT2D eigenvalue weighted by Crippen LogP contribution is 2.27. The van der Waals surface area contributed by atoms with Crippen LogP contribution < -0.4 is 5.32 Å². The fourth-order valence-corrected chi connectivity index (χ4v) is 3.12. The molecule has 1 N–H and O–H groups in total. The number of aromatic nitrogens is 1. The standard InChI is InChI=1S/C17H18N2OS/c1-12-11-18-17(21-12)13(2)19-16(15-9-6-10-20-15)14-7-4-3-5-8-14/h3-11,13,16,19H,1-2H3. The van der Waals surface area contributed by atoms with Crippen LogP contribution in [0.2, 0.25) is 0 Å². The number of nitrogens with zero attached hydrogens (tertiary/aromatic N) is 1. The first-order valence-electron chi connectivity index (χ1n) is 7.01. The van der Waals surface area contributed by atoms with Gasteiger partial charge < -0.3 is 4.42 Å². The van der Waals surface area contributed by atoms with E-state index in [0.717, 1.165) is 10.8 Å². The molecule has 0 saturated heterocycles. The summed E-state index contributed by atoms with van der Waals surface area (Å²) in [5.74, 6) is 0.918. The molecule has 0 spiro atoms. The lowest BCUT2D eigenvalue weighted by Crippen LogP contribution is -2.25. The summed E-state index contributed by atoms with van der Waals surface area (Å²) < 4.78 is 5.61. The Hall–Kier alpha value is -1.91. The zero-order valence-electron chi connectivity index (χ0n) is 12.1. The number of nitrogens with one attached hydrogen (secondary N) is 1. The van der Waals surface area contributed by atoms with Gasteiger partial charge in [0.2, 0.25) is 0 Å². The Morgan fingerprint density at radius 3 is 2.57 bits per heavy atom. The topological polar surface area (TPSA) is 38.1 Å². The lowest BCUT2D eigenvalue weighted by molar-refractivity contribution is 0.419. The summed E-state index contributed by atoms with van der Waals surface area (Å²) in [6, 6.07) is 14.5. The first-order chi connectivity index (χ1) is 10.2. The number of furan rings is 1. The van der Waals surface area contributed by atoms with E-state index in [4.69, 9.17) is 4.42 Å². The number of rotatable bonds is 5. The van der Waals surface area contributed by atoms with Crippen molar-refractivity contribution >= 4 is 11.3 Å². The third-order valence-corrected chi connectivity index (χ3v) is 4.48. The molecule has 0 fully saturated rings. The van der Waals surface area contributed by atoms with Crippen molar-refractivity contribution in [2.24, 2.45) is 0 Å². The molecule has 0 aliphatic carbocycles. The number of thiazole rings is 1.